The number of alkyl halides is 3. The van der Waals surface area contributed by atoms with Gasteiger partial charge in [-0.2, -0.15) is 13.2 Å². The van der Waals surface area contributed by atoms with E-state index >= 15 is 0 Å². The third kappa shape index (κ3) is 5.03. The molecule has 1 fully saturated rings. The summed E-state index contributed by atoms with van der Waals surface area (Å²) in [5.74, 6) is -1.19. The Kier molecular flexibility index (Phi) is 7.42. The Hall–Kier alpha value is -2.53. The lowest BCUT2D eigenvalue weighted by Gasteiger charge is -2.31. The second-order valence-corrected chi connectivity index (χ2v) is 8.09. The maximum atomic E-state index is 14.5. The summed E-state index contributed by atoms with van der Waals surface area (Å²) in [4.78, 5) is 21.6. The number of carboxylic acids is 1. The van der Waals surface area contributed by atoms with Crippen LogP contribution in [-0.2, 0) is 26.6 Å². The molecule has 2 unspecified atom stereocenters. The zero-order chi connectivity index (χ0) is 24.4. The zero-order valence-electron chi connectivity index (χ0n) is 17.4. The minimum atomic E-state index is -4.87. The van der Waals surface area contributed by atoms with Crippen LogP contribution in [0.4, 0.5) is 13.2 Å². The van der Waals surface area contributed by atoms with Crippen molar-refractivity contribution < 1.29 is 37.5 Å². The van der Waals surface area contributed by atoms with E-state index in [1.165, 1.54) is 38.5 Å². The van der Waals surface area contributed by atoms with E-state index in [-0.39, 0.29) is 27.8 Å². The van der Waals surface area contributed by atoms with Gasteiger partial charge in [-0.1, -0.05) is 40.5 Å². The molecule has 7 nitrogen and oxygen atoms in total. The quantitative estimate of drug-likeness (QED) is 0.300. The van der Waals surface area contributed by atoms with E-state index in [1.54, 1.807) is 0 Å². The molecule has 0 radical (unpaired) electrons. The molecule has 1 heterocycles. The van der Waals surface area contributed by atoms with E-state index in [0.717, 1.165) is 23.5 Å². The van der Waals surface area contributed by atoms with Gasteiger partial charge in [-0.05, 0) is 41.0 Å². The fraction of sp³-hybridized carbons (Fsp3) is 0.333. The van der Waals surface area contributed by atoms with E-state index in [1.807, 2.05) is 0 Å². The van der Waals surface area contributed by atoms with Crippen LogP contribution in [0.1, 0.15) is 39.5 Å². The smallest absolute Gasteiger partial charge is 0.424 e. The summed E-state index contributed by atoms with van der Waals surface area (Å²) in [6, 6.07) is 6.77. The standard InChI is InChI=1S/C21H19Cl2F3N2O5/c1-31-10-13-5-12(3-4-17(13)19(29)30)18-9-20(21(24,25)26,33-28(18)11-27-32-2)14-6-15(22)8-16(23)7-14/h3-8,11,18H,9-10H2,1-2H3,(H,29,30). The molecule has 0 aliphatic carbocycles. The largest absolute Gasteiger partial charge is 0.478 e. The molecular formula is C21H19Cl2F3N2O5. The van der Waals surface area contributed by atoms with Crippen molar-refractivity contribution in [2.45, 2.75) is 30.8 Å². The van der Waals surface area contributed by atoms with Crippen molar-refractivity contribution in [1.82, 2.24) is 5.06 Å². The van der Waals surface area contributed by atoms with Gasteiger partial charge in [-0.25, -0.2) is 9.86 Å². The van der Waals surface area contributed by atoms with E-state index in [4.69, 9.17) is 32.8 Å². The highest BCUT2D eigenvalue weighted by atomic mass is 35.5. The van der Waals surface area contributed by atoms with Crippen LogP contribution in [0, 0.1) is 0 Å². The number of rotatable bonds is 7. The molecule has 1 aliphatic heterocycles. The molecule has 0 amide bonds. The summed E-state index contributed by atoms with van der Waals surface area (Å²) in [5.41, 5.74) is -2.47. The lowest BCUT2D eigenvalue weighted by Crippen LogP contribution is -2.43. The van der Waals surface area contributed by atoms with Crippen LogP contribution in [0.25, 0.3) is 0 Å². The second kappa shape index (κ2) is 9.76. The van der Waals surface area contributed by atoms with Crippen LogP contribution >= 0.6 is 23.2 Å². The molecule has 1 N–H and O–H groups in total. The summed E-state index contributed by atoms with van der Waals surface area (Å²) in [7, 11) is 2.61. The molecule has 0 saturated carbocycles. The number of carbonyl (C=O) groups is 1. The first-order valence-electron chi connectivity index (χ1n) is 9.45. The van der Waals surface area contributed by atoms with Gasteiger partial charge in [0.1, 0.15) is 7.11 Å². The lowest BCUT2D eigenvalue weighted by atomic mass is 9.85. The number of carboxylic acid groups (broad SMARTS) is 1. The fourth-order valence-corrected chi connectivity index (χ4v) is 4.22. The van der Waals surface area contributed by atoms with Gasteiger partial charge >= 0.3 is 12.1 Å². The van der Waals surface area contributed by atoms with Gasteiger partial charge in [0.2, 0.25) is 5.60 Å². The topological polar surface area (TPSA) is 80.6 Å². The van der Waals surface area contributed by atoms with Crippen LogP contribution < -0.4 is 0 Å². The molecule has 33 heavy (non-hydrogen) atoms. The number of halogens is 5. The Bertz CT molecular complexity index is 1050. The van der Waals surface area contributed by atoms with Crippen molar-refractivity contribution in [2.75, 3.05) is 14.2 Å². The summed E-state index contributed by atoms with van der Waals surface area (Å²) in [5, 5.41) is 13.9. The number of nitrogens with zero attached hydrogens (tertiary/aromatic N) is 2. The number of hydrogen-bond acceptors (Lipinski definition) is 5. The second-order valence-electron chi connectivity index (χ2n) is 7.21. The molecule has 2 aromatic rings. The Morgan fingerprint density at radius 3 is 2.48 bits per heavy atom. The first-order chi connectivity index (χ1) is 15.5. The van der Waals surface area contributed by atoms with Crippen LogP contribution in [0.5, 0.6) is 0 Å². The Labute approximate surface area is 197 Å². The van der Waals surface area contributed by atoms with Gasteiger partial charge in [-0.15, -0.1) is 0 Å². The fourth-order valence-electron chi connectivity index (χ4n) is 3.70. The molecule has 1 aliphatic rings. The third-order valence-corrected chi connectivity index (χ3v) is 5.58. The van der Waals surface area contributed by atoms with Crippen molar-refractivity contribution in [3.8, 4) is 0 Å². The normalized spacial score (nSPS) is 21.1. The predicted molar refractivity (Wildman–Crippen MR) is 114 cm³/mol. The monoisotopic (exact) mass is 506 g/mol. The molecule has 12 heteroatoms. The average Bonchev–Trinajstić information content (AvgIpc) is 3.12. The Balaban J connectivity index is 2.16. The van der Waals surface area contributed by atoms with Crippen LogP contribution in [0.15, 0.2) is 41.6 Å². The summed E-state index contributed by atoms with van der Waals surface area (Å²) in [6.07, 6.45) is -4.49. The molecule has 2 atom stereocenters. The minimum absolute atomic E-state index is 0.0125. The van der Waals surface area contributed by atoms with Gasteiger partial charge in [0.15, 0.2) is 6.34 Å². The van der Waals surface area contributed by atoms with E-state index in [2.05, 4.69) is 9.99 Å². The van der Waals surface area contributed by atoms with Gasteiger partial charge < -0.3 is 14.7 Å². The number of benzene rings is 2. The lowest BCUT2D eigenvalue weighted by molar-refractivity contribution is -0.310. The molecule has 1 saturated heterocycles. The first kappa shape index (κ1) is 25.1. The molecule has 178 valence electrons. The third-order valence-electron chi connectivity index (χ3n) is 5.15. The number of oxime groups is 1. The van der Waals surface area contributed by atoms with Crippen LogP contribution in [-0.4, -0.2) is 42.9 Å². The maximum Gasteiger partial charge on any atom is 0.424 e. The molecule has 3 rings (SSSR count). The minimum Gasteiger partial charge on any atom is -0.478 e. The Morgan fingerprint density at radius 2 is 1.94 bits per heavy atom. The average molecular weight is 507 g/mol. The van der Waals surface area contributed by atoms with Crippen molar-refractivity contribution in [2.24, 2.45) is 5.16 Å². The van der Waals surface area contributed by atoms with E-state index in [0.29, 0.717) is 11.1 Å². The van der Waals surface area contributed by atoms with E-state index in [9.17, 15) is 23.1 Å². The van der Waals surface area contributed by atoms with E-state index < -0.39 is 30.2 Å². The summed E-state index contributed by atoms with van der Waals surface area (Å²) >= 11 is 12.0. The number of aromatic carboxylic acids is 1. The van der Waals surface area contributed by atoms with Crippen molar-refractivity contribution >= 4 is 35.5 Å². The van der Waals surface area contributed by atoms with Gasteiger partial charge in [-0.3, -0.25) is 4.84 Å². The van der Waals surface area contributed by atoms with Crippen LogP contribution in [0.3, 0.4) is 0 Å². The highest BCUT2D eigenvalue weighted by Crippen LogP contribution is 2.55. The van der Waals surface area contributed by atoms with Gasteiger partial charge in [0, 0.05) is 23.6 Å². The Morgan fingerprint density at radius 1 is 1.27 bits per heavy atom. The van der Waals surface area contributed by atoms with Crippen molar-refractivity contribution in [1.29, 1.82) is 0 Å². The zero-order valence-corrected chi connectivity index (χ0v) is 18.9. The van der Waals surface area contributed by atoms with Crippen molar-refractivity contribution in [3.05, 3.63) is 68.7 Å². The van der Waals surface area contributed by atoms with Crippen molar-refractivity contribution in [3.63, 3.8) is 0 Å². The first-order valence-corrected chi connectivity index (χ1v) is 10.2. The molecule has 0 aromatic heterocycles. The molecule has 0 spiro atoms. The molecule has 2 aromatic carbocycles. The highest BCUT2D eigenvalue weighted by molar-refractivity contribution is 6.34. The highest BCUT2D eigenvalue weighted by Gasteiger charge is 2.64. The number of hydroxylamine groups is 2. The predicted octanol–water partition coefficient (Wildman–Crippen LogP) is 5.56. The van der Waals surface area contributed by atoms with Gasteiger partial charge in [0.05, 0.1) is 18.2 Å². The van der Waals surface area contributed by atoms with Crippen LogP contribution in [0.2, 0.25) is 10.0 Å². The van der Waals surface area contributed by atoms with Gasteiger partial charge in [0.25, 0.3) is 0 Å². The molecular weight excluding hydrogens is 488 g/mol. The maximum absolute atomic E-state index is 14.5. The SMILES string of the molecule is COCc1cc(C2CC(c3cc(Cl)cc(Cl)c3)(C(F)(F)F)ON2C=NOC)ccc1C(=O)O. The number of methoxy groups -OCH3 is 1. The summed E-state index contributed by atoms with van der Waals surface area (Å²) in [6.45, 7) is -0.0521. The molecule has 0 bridgehead atoms. The number of hydrogen-bond donors (Lipinski definition) is 1. The summed E-state index contributed by atoms with van der Waals surface area (Å²) < 4.78 is 48.6. The number of ether oxygens (including phenoxy) is 1.